The summed E-state index contributed by atoms with van der Waals surface area (Å²) in [4.78, 5) is 17.1. The highest BCUT2D eigenvalue weighted by Crippen LogP contribution is 2.37. The van der Waals surface area contributed by atoms with Crippen molar-refractivity contribution in [1.82, 2.24) is 24.4 Å². The second-order valence-electron chi connectivity index (χ2n) is 6.26. The number of benzene rings is 1. The number of anilines is 1. The summed E-state index contributed by atoms with van der Waals surface area (Å²) in [7, 11) is 0. The number of amides is 1. The molecule has 0 bridgehead atoms. The molecule has 1 aromatic carbocycles. The van der Waals surface area contributed by atoms with Gasteiger partial charge in [-0.15, -0.1) is 0 Å². The second-order valence-corrected chi connectivity index (χ2v) is 7.17. The van der Waals surface area contributed by atoms with Crippen LogP contribution < -0.4 is 10.1 Å². The lowest BCUT2D eigenvalue weighted by Gasteiger charge is -2.13. The van der Waals surface area contributed by atoms with E-state index in [0.717, 1.165) is 4.47 Å². The van der Waals surface area contributed by atoms with Crippen LogP contribution in [-0.2, 0) is 0 Å². The van der Waals surface area contributed by atoms with E-state index in [4.69, 9.17) is 4.74 Å². The molecule has 4 rings (SSSR count). The van der Waals surface area contributed by atoms with E-state index in [1.807, 2.05) is 0 Å². The normalized spacial score (nSPS) is 12.0. The minimum Gasteiger partial charge on any atom is -0.460 e. The molecule has 0 aliphatic carbocycles. The van der Waals surface area contributed by atoms with Crippen LogP contribution in [0, 0.1) is 0 Å². The number of rotatable bonds is 6. The van der Waals surface area contributed by atoms with Crippen molar-refractivity contribution in [3.8, 4) is 17.0 Å². The summed E-state index contributed by atoms with van der Waals surface area (Å²) in [6.07, 6.45) is 6.28. The minimum absolute atomic E-state index is 0.288. The smallest absolute Gasteiger partial charge is 0.261 e. The van der Waals surface area contributed by atoms with E-state index in [9.17, 15) is 9.18 Å². The molecule has 0 spiro atoms. The average Bonchev–Trinajstić information content (AvgIpc) is 3.33. The molecule has 0 aliphatic heterocycles. The summed E-state index contributed by atoms with van der Waals surface area (Å²) in [6, 6.07) is 6.81. The van der Waals surface area contributed by atoms with Gasteiger partial charge >= 0.3 is 0 Å². The Bertz CT molecular complexity index is 1250. The van der Waals surface area contributed by atoms with Gasteiger partial charge in [0.2, 0.25) is 6.36 Å². The Hall–Kier alpha value is -3.53. The second kappa shape index (κ2) is 8.07. The highest BCUT2D eigenvalue weighted by molar-refractivity contribution is 9.10. The van der Waals surface area contributed by atoms with Crippen molar-refractivity contribution >= 4 is 39.4 Å². The van der Waals surface area contributed by atoms with Crippen molar-refractivity contribution in [2.75, 3.05) is 5.32 Å². The maximum Gasteiger partial charge on any atom is 0.261 e. The summed E-state index contributed by atoms with van der Waals surface area (Å²) < 4.78 is 22.5. The molecule has 3 heterocycles. The summed E-state index contributed by atoms with van der Waals surface area (Å²) in [5.74, 6) is -0.124. The van der Waals surface area contributed by atoms with Crippen LogP contribution in [-0.4, -0.2) is 36.6 Å². The van der Waals surface area contributed by atoms with Gasteiger partial charge in [-0.2, -0.15) is 10.2 Å². The molecule has 1 amide bonds. The molecule has 1 N–H and O–H groups in total. The summed E-state index contributed by atoms with van der Waals surface area (Å²) >= 11 is 3.41. The molecule has 1 unspecified atom stereocenters. The molecule has 10 heteroatoms. The number of alkyl halides is 1. The molecular weight excluding hydrogens is 455 g/mol. The van der Waals surface area contributed by atoms with Crippen molar-refractivity contribution < 1.29 is 13.9 Å². The zero-order valence-electron chi connectivity index (χ0n) is 15.8. The zero-order chi connectivity index (χ0) is 21.3. The van der Waals surface area contributed by atoms with Crippen molar-refractivity contribution in [3.05, 3.63) is 65.7 Å². The Morgan fingerprint density at radius 3 is 3.03 bits per heavy atom. The number of hydrogen-bond acceptors (Lipinski definition) is 5. The van der Waals surface area contributed by atoms with E-state index in [2.05, 4.69) is 43.0 Å². The molecule has 30 heavy (non-hydrogen) atoms. The first kappa shape index (κ1) is 19.8. The Morgan fingerprint density at radius 2 is 2.27 bits per heavy atom. The van der Waals surface area contributed by atoms with Crippen LogP contribution >= 0.6 is 15.9 Å². The molecule has 0 radical (unpaired) electrons. The van der Waals surface area contributed by atoms with Crippen LogP contribution in [0.1, 0.15) is 17.3 Å². The predicted molar refractivity (Wildman–Crippen MR) is 114 cm³/mol. The van der Waals surface area contributed by atoms with Crippen LogP contribution in [0.25, 0.3) is 23.1 Å². The monoisotopic (exact) mass is 470 g/mol. The first-order chi connectivity index (χ1) is 14.5. The van der Waals surface area contributed by atoms with Crippen molar-refractivity contribution in [2.24, 2.45) is 0 Å². The fourth-order valence-corrected chi connectivity index (χ4v) is 3.28. The van der Waals surface area contributed by atoms with E-state index in [1.54, 1.807) is 42.9 Å². The van der Waals surface area contributed by atoms with Gasteiger partial charge < -0.3 is 10.1 Å². The molecule has 1 atom stereocenters. The predicted octanol–water partition coefficient (Wildman–Crippen LogP) is 4.40. The van der Waals surface area contributed by atoms with Crippen molar-refractivity contribution in [2.45, 2.75) is 13.3 Å². The van der Waals surface area contributed by atoms with E-state index in [0.29, 0.717) is 28.2 Å². The third-order valence-corrected chi connectivity index (χ3v) is 4.67. The summed E-state index contributed by atoms with van der Waals surface area (Å²) in [5.41, 5.74) is 2.01. The van der Waals surface area contributed by atoms with E-state index >= 15 is 0 Å². The van der Waals surface area contributed by atoms with Gasteiger partial charge in [0, 0.05) is 35.6 Å². The van der Waals surface area contributed by atoms with Crippen LogP contribution in [0.15, 0.2) is 60.1 Å². The topological polar surface area (TPSA) is 86.3 Å². The quantitative estimate of drug-likeness (QED) is 0.451. The highest BCUT2D eigenvalue weighted by Gasteiger charge is 2.21. The molecule has 4 aromatic rings. The van der Waals surface area contributed by atoms with Gasteiger partial charge in [0.1, 0.15) is 17.0 Å². The Balaban J connectivity index is 1.76. The van der Waals surface area contributed by atoms with Gasteiger partial charge in [-0.05, 0) is 24.3 Å². The molecule has 0 fully saturated rings. The Kier molecular flexibility index (Phi) is 5.32. The Morgan fingerprint density at radius 1 is 1.43 bits per heavy atom. The van der Waals surface area contributed by atoms with Gasteiger partial charge in [-0.3, -0.25) is 4.79 Å². The number of aromatic nitrogens is 5. The number of nitrogens with zero attached hydrogens (tertiary/aromatic N) is 5. The summed E-state index contributed by atoms with van der Waals surface area (Å²) in [6.45, 7) is 4.99. The Labute approximate surface area is 179 Å². The SMILES string of the molecule is C=Cn1cc(NC(=O)c2cnn3cccnc23)c(-c2cc(Br)ccc2OC(C)F)n1. The number of carbonyl (C=O) groups excluding carboxylic acids is 1. The molecule has 3 aromatic heterocycles. The van der Waals surface area contributed by atoms with Gasteiger partial charge in [0.05, 0.1) is 18.1 Å². The standard InChI is InChI=1S/C20H16BrFN6O2/c1-3-27-11-16(25-20(29)15-10-24-28-8-4-7-23-19(15)28)18(26-27)14-9-13(21)5-6-17(14)30-12(2)22/h3-12H,1H2,2H3,(H,25,29). The van der Waals surface area contributed by atoms with E-state index in [1.165, 1.54) is 28.5 Å². The lowest BCUT2D eigenvalue weighted by atomic mass is 10.1. The molecular formula is C20H16BrFN6O2. The minimum atomic E-state index is -1.52. The first-order valence-electron chi connectivity index (χ1n) is 8.88. The maximum atomic E-state index is 13.5. The van der Waals surface area contributed by atoms with Gasteiger partial charge in [0.25, 0.3) is 5.91 Å². The molecule has 0 saturated carbocycles. The zero-order valence-corrected chi connectivity index (χ0v) is 17.4. The number of carbonyl (C=O) groups is 1. The highest BCUT2D eigenvalue weighted by atomic mass is 79.9. The van der Waals surface area contributed by atoms with Crippen LogP contribution in [0.5, 0.6) is 5.75 Å². The number of ether oxygens (including phenoxy) is 1. The van der Waals surface area contributed by atoms with Gasteiger partial charge in [0.15, 0.2) is 5.65 Å². The van der Waals surface area contributed by atoms with Crippen LogP contribution in [0.2, 0.25) is 0 Å². The number of hydrogen-bond donors (Lipinski definition) is 1. The van der Waals surface area contributed by atoms with Crippen molar-refractivity contribution in [3.63, 3.8) is 0 Å². The molecule has 8 nitrogen and oxygen atoms in total. The first-order valence-corrected chi connectivity index (χ1v) is 9.67. The largest absolute Gasteiger partial charge is 0.460 e. The van der Waals surface area contributed by atoms with Gasteiger partial charge in [-0.1, -0.05) is 22.5 Å². The van der Waals surface area contributed by atoms with Gasteiger partial charge in [-0.25, -0.2) is 18.6 Å². The van der Waals surface area contributed by atoms with E-state index in [-0.39, 0.29) is 5.75 Å². The lowest BCUT2D eigenvalue weighted by Crippen LogP contribution is -2.12. The molecule has 0 saturated heterocycles. The van der Waals surface area contributed by atoms with Crippen LogP contribution in [0.3, 0.4) is 0 Å². The number of halogens is 2. The van der Waals surface area contributed by atoms with E-state index < -0.39 is 12.3 Å². The lowest BCUT2D eigenvalue weighted by molar-refractivity contribution is 0.0866. The molecule has 152 valence electrons. The third-order valence-electron chi connectivity index (χ3n) is 4.18. The van der Waals surface area contributed by atoms with Crippen molar-refractivity contribution in [1.29, 1.82) is 0 Å². The fourth-order valence-electron chi connectivity index (χ4n) is 2.92. The number of nitrogens with one attached hydrogen (secondary N) is 1. The average molecular weight is 471 g/mol. The third kappa shape index (κ3) is 3.81. The maximum absolute atomic E-state index is 13.5. The van der Waals surface area contributed by atoms with Crippen LogP contribution in [0.4, 0.5) is 10.1 Å². The fraction of sp³-hybridized carbons (Fsp3) is 0.100. The number of fused-ring (bicyclic) bond motifs is 1. The molecule has 0 aliphatic rings. The summed E-state index contributed by atoms with van der Waals surface area (Å²) in [5, 5.41) is 11.4.